The summed E-state index contributed by atoms with van der Waals surface area (Å²) in [4.78, 5) is 37.6. The molecule has 7 nitrogen and oxygen atoms in total. The highest BCUT2D eigenvalue weighted by atomic mass is 16.5. The Morgan fingerprint density at radius 3 is 2.16 bits per heavy atom. The molecule has 0 bridgehead atoms. The standard InChI is InChI=1S/C24H26N2O5/c1-26(14-11-21(27)28)22(29)24(12-6-13-24)25-23(30)31-15-20-18-9-4-2-7-16(18)17-8-3-5-10-19(17)20/h2-5,7-10,20H,6,11-15H2,1H3,(H,25,30)(H,27,28). The van der Waals surface area contributed by atoms with Crippen molar-refractivity contribution in [1.29, 1.82) is 0 Å². The van der Waals surface area contributed by atoms with Crippen LogP contribution >= 0.6 is 0 Å². The molecule has 162 valence electrons. The van der Waals surface area contributed by atoms with Crippen LogP contribution < -0.4 is 5.32 Å². The molecule has 0 heterocycles. The van der Waals surface area contributed by atoms with Crippen molar-refractivity contribution in [3.63, 3.8) is 0 Å². The highest BCUT2D eigenvalue weighted by Gasteiger charge is 2.47. The molecule has 0 aliphatic heterocycles. The topological polar surface area (TPSA) is 95.9 Å². The molecule has 1 saturated carbocycles. The molecule has 0 radical (unpaired) electrons. The smallest absolute Gasteiger partial charge is 0.408 e. The number of likely N-dealkylation sites (N-methyl/N-ethyl adjacent to an activating group) is 1. The number of fused-ring (bicyclic) bond motifs is 3. The number of nitrogens with one attached hydrogen (secondary N) is 1. The number of carbonyl (C=O) groups excluding carboxylic acids is 2. The van der Waals surface area contributed by atoms with Gasteiger partial charge in [0.1, 0.15) is 12.1 Å². The van der Waals surface area contributed by atoms with E-state index in [4.69, 9.17) is 9.84 Å². The number of hydrogen-bond acceptors (Lipinski definition) is 4. The van der Waals surface area contributed by atoms with Crippen LogP contribution in [-0.4, -0.2) is 53.7 Å². The number of carboxylic acid groups (broad SMARTS) is 1. The van der Waals surface area contributed by atoms with Gasteiger partial charge in [0.05, 0.1) is 6.42 Å². The number of nitrogens with zero attached hydrogens (tertiary/aromatic N) is 1. The van der Waals surface area contributed by atoms with E-state index >= 15 is 0 Å². The second-order valence-corrected chi connectivity index (χ2v) is 8.26. The van der Waals surface area contributed by atoms with Crippen molar-refractivity contribution >= 4 is 18.0 Å². The predicted molar refractivity (Wildman–Crippen MR) is 115 cm³/mol. The average Bonchev–Trinajstić information content (AvgIpc) is 3.06. The number of aliphatic carboxylic acids is 1. The van der Waals surface area contributed by atoms with E-state index in [0.29, 0.717) is 12.8 Å². The monoisotopic (exact) mass is 422 g/mol. The Kier molecular flexibility index (Phi) is 5.67. The molecule has 0 saturated heterocycles. The summed E-state index contributed by atoms with van der Waals surface area (Å²) in [7, 11) is 1.56. The Morgan fingerprint density at radius 1 is 1.06 bits per heavy atom. The molecule has 2 aromatic rings. The fourth-order valence-corrected chi connectivity index (χ4v) is 4.48. The van der Waals surface area contributed by atoms with Crippen LogP contribution in [0.15, 0.2) is 48.5 Å². The average molecular weight is 422 g/mol. The number of alkyl carbamates (subject to hydrolysis) is 1. The highest BCUT2D eigenvalue weighted by Crippen LogP contribution is 2.44. The SMILES string of the molecule is CN(CCC(=O)O)C(=O)C1(NC(=O)OCC2c3ccccc3-c3ccccc32)CCC1. The zero-order valence-electron chi connectivity index (χ0n) is 17.5. The zero-order chi connectivity index (χ0) is 22.0. The summed E-state index contributed by atoms with van der Waals surface area (Å²) in [5.74, 6) is -1.29. The normalized spacial score (nSPS) is 15.9. The number of hydrogen-bond donors (Lipinski definition) is 2. The van der Waals surface area contributed by atoms with E-state index in [-0.39, 0.29) is 31.4 Å². The van der Waals surface area contributed by atoms with E-state index in [2.05, 4.69) is 29.6 Å². The minimum Gasteiger partial charge on any atom is -0.481 e. The molecular weight excluding hydrogens is 396 g/mol. The lowest BCUT2D eigenvalue weighted by atomic mass is 9.75. The fourth-order valence-electron chi connectivity index (χ4n) is 4.48. The molecule has 2 amide bonds. The van der Waals surface area contributed by atoms with Gasteiger partial charge in [-0.3, -0.25) is 9.59 Å². The van der Waals surface area contributed by atoms with Crippen LogP contribution in [0.5, 0.6) is 0 Å². The van der Waals surface area contributed by atoms with E-state index in [1.807, 2.05) is 24.3 Å². The van der Waals surface area contributed by atoms with Crippen LogP contribution in [0.4, 0.5) is 4.79 Å². The first-order chi connectivity index (χ1) is 14.9. The number of amides is 2. The molecule has 0 atom stereocenters. The molecule has 0 spiro atoms. The van der Waals surface area contributed by atoms with E-state index in [1.54, 1.807) is 7.05 Å². The molecule has 2 aromatic carbocycles. The number of carbonyl (C=O) groups is 3. The molecule has 4 rings (SSSR count). The quantitative estimate of drug-likeness (QED) is 0.713. The van der Waals surface area contributed by atoms with Crippen molar-refractivity contribution in [2.75, 3.05) is 20.2 Å². The van der Waals surface area contributed by atoms with E-state index in [0.717, 1.165) is 28.7 Å². The van der Waals surface area contributed by atoms with Crippen LogP contribution in [0.2, 0.25) is 0 Å². The Labute approximate surface area is 181 Å². The van der Waals surface area contributed by atoms with Gasteiger partial charge in [0.25, 0.3) is 0 Å². The van der Waals surface area contributed by atoms with Gasteiger partial charge in [0.15, 0.2) is 0 Å². The maximum atomic E-state index is 12.8. The molecule has 7 heteroatoms. The van der Waals surface area contributed by atoms with E-state index in [9.17, 15) is 14.4 Å². The van der Waals surface area contributed by atoms with Gasteiger partial charge in [-0.2, -0.15) is 0 Å². The van der Waals surface area contributed by atoms with Crippen molar-refractivity contribution in [3.05, 3.63) is 59.7 Å². The minimum atomic E-state index is -1.00. The lowest BCUT2D eigenvalue weighted by Crippen LogP contribution is -2.63. The van der Waals surface area contributed by atoms with Gasteiger partial charge in [0.2, 0.25) is 5.91 Å². The van der Waals surface area contributed by atoms with E-state index < -0.39 is 17.6 Å². The molecule has 31 heavy (non-hydrogen) atoms. The lowest BCUT2D eigenvalue weighted by molar-refractivity contribution is -0.142. The van der Waals surface area contributed by atoms with Crippen molar-refractivity contribution < 1.29 is 24.2 Å². The summed E-state index contributed by atoms with van der Waals surface area (Å²) >= 11 is 0. The molecule has 2 aliphatic rings. The van der Waals surface area contributed by atoms with Gasteiger partial charge in [0, 0.05) is 19.5 Å². The Morgan fingerprint density at radius 2 is 1.65 bits per heavy atom. The van der Waals surface area contributed by atoms with Crippen LogP contribution in [0.1, 0.15) is 42.7 Å². The largest absolute Gasteiger partial charge is 0.481 e. The molecule has 0 unspecified atom stereocenters. The van der Waals surface area contributed by atoms with Crippen LogP contribution in [0.3, 0.4) is 0 Å². The summed E-state index contributed by atoms with van der Waals surface area (Å²) < 4.78 is 5.58. The van der Waals surface area contributed by atoms with Crippen LogP contribution in [0, 0.1) is 0 Å². The maximum absolute atomic E-state index is 12.8. The first-order valence-electron chi connectivity index (χ1n) is 10.5. The van der Waals surface area contributed by atoms with Crippen LogP contribution in [0.25, 0.3) is 11.1 Å². The summed E-state index contributed by atoms with van der Waals surface area (Å²) in [6.45, 7) is 0.279. The third-order valence-electron chi connectivity index (χ3n) is 6.31. The second kappa shape index (κ2) is 8.41. The third-order valence-corrected chi connectivity index (χ3v) is 6.31. The van der Waals surface area contributed by atoms with Crippen molar-refractivity contribution in [3.8, 4) is 11.1 Å². The summed E-state index contributed by atoms with van der Waals surface area (Å²) in [5, 5.41) is 11.6. The molecular formula is C24H26N2O5. The summed E-state index contributed by atoms with van der Waals surface area (Å²) in [6, 6.07) is 16.2. The van der Waals surface area contributed by atoms with E-state index in [1.165, 1.54) is 4.90 Å². The van der Waals surface area contributed by atoms with Crippen molar-refractivity contribution in [1.82, 2.24) is 10.2 Å². The summed E-state index contributed by atoms with van der Waals surface area (Å²) in [6.07, 6.45) is 1.10. The Balaban J connectivity index is 1.41. The number of carboxylic acids is 1. The summed E-state index contributed by atoms with van der Waals surface area (Å²) in [5.41, 5.74) is 3.55. The minimum absolute atomic E-state index is 0.0515. The Bertz CT molecular complexity index is 969. The van der Waals surface area contributed by atoms with Crippen molar-refractivity contribution in [2.45, 2.75) is 37.1 Å². The second-order valence-electron chi connectivity index (χ2n) is 8.26. The Hall–Kier alpha value is -3.35. The van der Waals surface area contributed by atoms with Gasteiger partial charge in [-0.05, 0) is 41.5 Å². The van der Waals surface area contributed by atoms with Gasteiger partial charge in [-0.25, -0.2) is 4.79 Å². The first-order valence-corrected chi connectivity index (χ1v) is 10.5. The maximum Gasteiger partial charge on any atom is 0.408 e. The molecule has 2 N–H and O–H groups in total. The van der Waals surface area contributed by atoms with Crippen LogP contribution in [-0.2, 0) is 14.3 Å². The van der Waals surface area contributed by atoms with Gasteiger partial charge < -0.3 is 20.1 Å². The molecule has 1 fully saturated rings. The molecule has 2 aliphatic carbocycles. The first kappa shape index (κ1) is 20.9. The predicted octanol–water partition coefficient (Wildman–Crippen LogP) is 3.38. The third kappa shape index (κ3) is 4.00. The fraction of sp³-hybridized carbons (Fsp3) is 0.375. The zero-order valence-corrected chi connectivity index (χ0v) is 17.5. The lowest BCUT2D eigenvalue weighted by Gasteiger charge is -2.42. The van der Waals surface area contributed by atoms with Gasteiger partial charge >= 0.3 is 12.1 Å². The number of ether oxygens (including phenoxy) is 1. The highest BCUT2D eigenvalue weighted by molar-refractivity contribution is 5.91. The van der Waals surface area contributed by atoms with Gasteiger partial charge in [-0.1, -0.05) is 48.5 Å². The van der Waals surface area contributed by atoms with Crippen molar-refractivity contribution in [2.24, 2.45) is 0 Å². The van der Waals surface area contributed by atoms with Gasteiger partial charge in [-0.15, -0.1) is 0 Å². The molecule has 0 aromatic heterocycles. The number of rotatable bonds is 7. The number of benzene rings is 2.